The summed E-state index contributed by atoms with van der Waals surface area (Å²) >= 11 is 1.45. The van der Waals surface area contributed by atoms with E-state index < -0.39 is 0 Å². The smallest absolute Gasteiger partial charge is 0.231 e. The second-order valence-corrected chi connectivity index (χ2v) is 7.18. The van der Waals surface area contributed by atoms with Gasteiger partial charge in [0.25, 0.3) is 0 Å². The largest absolute Gasteiger partial charge is 0.494 e. The molecule has 0 saturated carbocycles. The summed E-state index contributed by atoms with van der Waals surface area (Å²) in [4.78, 5) is 27.9. The zero-order valence-corrected chi connectivity index (χ0v) is 15.2. The molecule has 0 radical (unpaired) electrons. The number of carbonyl (C=O) groups is 1. The Balaban J connectivity index is 1.48. The Labute approximate surface area is 155 Å². The first kappa shape index (κ1) is 16.7. The van der Waals surface area contributed by atoms with Crippen molar-refractivity contribution in [1.29, 1.82) is 0 Å². The molecule has 8 heteroatoms. The number of hydrogen-bond donors (Lipinski definition) is 1. The maximum atomic E-state index is 12.7. The predicted octanol–water partition coefficient (Wildman–Crippen LogP) is 2.95. The lowest BCUT2D eigenvalue weighted by Crippen LogP contribution is -2.41. The van der Waals surface area contributed by atoms with Crippen molar-refractivity contribution < 1.29 is 9.53 Å². The van der Waals surface area contributed by atoms with Gasteiger partial charge in [-0.15, -0.1) is 0 Å². The van der Waals surface area contributed by atoms with Crippen LogP contribution in [0.25, 0.3) is 10.2 Å². The topological polar surface area (TPSA) is 80.2 Å². The van der Waals surface area contributed by atoms with Crippen LogP contribution in [0.4, 0.5) is 11.1 Å². The summed E-state index contributed by atoms with van der Waals surface area (Å²) in [5.41, 5.74) is 0.776. The fraction of sp³-hybridized carbons (Fsp3) is 0.333. The number of anilines is 2. The van der Waals surface area contributed by atoms with Gasteiger partial charge in [-0.1, -0.05) is 17.4 Å². The lowest BCUT2D eigenvalue weighted by atomic mass is 9.97. The maximum absolute atomic E-state index is 12.7. The van der Waals surface area contributed by atoms with Gasteiger partial charge in [-0.25, -0.2) is 15.0 Å². The Bertz CT molecular complexity index is 914. The predicted molar refractivity (Wildman–Crippen MR) is 102 cm³/mol. The molecular formula is C18H19N5O2S. The van der Waals surface area contributed by atoms with Crippen LogP contribution in [0.1, 0.15) is 12.8 Å². The number of carbonyl (C=O) groups excluding carboxylic acids is 1. The van der Waals surface area contributed by atoms with E-state index >= 15 is 0 Å². The second kappa shape index (κ2) is 7.25. The molecule has 0 spiro atoms. The molecule has 1 saturated heterocycles. The summed E-state index contributed by atoms with van der Waals surface area (Å²) in [6.07, 6.45) is 5.23. The number of benzene rings is 1. The number of fused-ring (bicyclic) bond motifs is 1. The molecule has 1 fully saturated rings. The molecule has 7 nitrogen and oxygen atoms in total. The van der Waals surface area contributed by atoms with E-state index in [0.29, 0.717) is 23.4 Å². The van der Waals surface area contributed by atoms with Crippen LogP contribution in [0.5, 0.6) is 5.75 Å². The van der Waals surface area contributed by atoms with Crippen molar-refractivity contribution in [3.05, 3.63) is 36.7 Å². The Morgan fingerprint density at radius 2 is 2.15 bits per heavy atom. The minimum Gasteiger partial charge on any atom is -0.494 e. The molecule has 26 heavy (non-hydrogen) atoms. The SMILES string of the molecule is COc1cccc2sc(NC(=O)C3CCCN(c4ncccn4)C3)nc12. The fourth-order valence-electron chi connectivity index (χ4n) is 3.18. The zero-order valence-electron chi connectivity index (χ0n) is 14.4. The van der Waals surface area contributed by atoms with E-state index in [1.165, 1.54) is 11.3 Å². The van der Waals surface area contributed by atoms with Crippen molar-refractivity contribution in [1.82, 2.24) is 15.0 Å². The number of ether oxygens (including phenoxy) is 1. The van der Waals surface area contributed by atoms with Crippen molar-refractivity contribution in [3.8, 4) is 5.75 Å². The highest BCUT2D eigenvalue weighted by atomic mass is 32.1. The van der Waals surface area contributed by atoms with Crippen LogP contribution in [-0.2, 0) is 4.79 Å². The van der Waals surface area contributed by atoms with Crippen molar-refractivity contribution in [2.75, 3.05) is 30.4 Å². The average Bonchev–Trinajstić information content (AvgIpc) is 3.11. The van der Waals surface area contributed by atoms with Crippen molar-refractivity contribution in [3.63, 3.8) is 0 Å². The molecule has 1 aromatic carbocycles. The van der Waals surface area contributed by atoms with Crippen LogP contribution in [0.3, 0.4) is 0 Å². The maximum Gasteiger partial charge on any atom is 0.231 e. The van der Waals surface area contributed by atoms with Crippen molar-refractivity contribution in [2.24, 2.45) is 5.92 Å². The van der Waals surface area contributed by atoms with E-state index in [1.807, 2.05) is 18.2 Å². The number of nitrogens with one attached hydrogen (secondary N) is 1. The van der Waals surface area contributed by atoms with Gasteiger partial charge in [-0.05, 0) is 31.0 Å². The molecule has 3 heterocycles. The summed E-state index contributed by atoms with van der Waals surface area (Å²) in [5.74, 6) is 1.27. The molecule has 3 aromatic rings. The van der Waals surface area contributed by atoms with Crippen LogP contribution < -0.4 is 15.0 Å². The number of para-hydroxylation sites is 1. The summed E-state index contributed by atoms with van der Waals surface area (Å²) in [5, 5.41) is 3.57. The van der Waals surface area contributed by atoms with Crippen LogP contribution in [-0.4, -0.2) is 41.1 Å². The molecule has 1 amide bonds. The van der Waals surface area contributed by atoms with Gasteiger partial charge in [0.05, 0.1) is 17.7 Å². The molecule has 1 aliphatic heterocycles. The number of rotatable bonds is 4. The summed E-state index contributed by atoms with van der Waals surface area (Å²) in [6, 6.07) is 7.55. The van der Waals surface area contributed by atoms with Gasteiger partial charge >= 0.3 is 0 Å². The molecule has 2 aromatic heterocycles. The third-order valence-electron chi connectivity index (χ3n) is 4.46. The monoisotopic (exact) mass is 369 g/mol. The summed E-state index contributed by atoms with van der Waals surface area (Å²) in [7, 11) is 1.62. The number of nitrogens with zero attached hydrogens (tertiary/aromatic N) is 4. The lowest BCUT2D eigenvalue weighted by Gasteiger charge is -2.31. The van der Waals surface area contributed by atoms with E-state index in [-0.39, 0.29) is 11.8 Å². The molecule has 1 N–H and O–H groups in total. The number of aromatic nitrogens is 3. The minimum absolute atomic E-state index is 0.0105. The van der Waals surface area contributed by atoms with Crippen LogP contribution in [0, 0.1) is 5.92 Å². The number of amides is 1. The van der Waals surface area contributed by atoms with Gasteiger partial charge in [-0.2, -0.15) is 0 Å². The number of methoxy groups -OCH3 is 1. The average molecular weight is 369 g/mol. The minimum atomic E-state index is -0.110. The normalized spacial score (nSPS) is 17.3. The van der Waals surface area contributed by atoms with Gasteiger partial charge < -0.3 is 15.0 Å². The molecule has 0 aliphatic carbocycles. The van der Waals surface area contributed by atoms with Gasteiger partial charge in [0.2, 0.25) is 11.9 Å². The Morgan fingerprint density at radius 3 is 2.96 bits per heavy atom. The number of thiazole rings is 1. The first-order chi connectivity index (χ1) is 12.7. The third-order valence-corrected chi connectivity index (χ3v) is 5.40. The molecule has 1 unspecified atom stereocenters. The van der Waals surface area contributed by atoms with E-state index in [4.69, 9.17) is 4.74 Å². The number of piperidine rings is 1. The van der Waals surface area contributed by atoms with Crippen LogP contribution >= 0.6 is 11.3 Å². The van der Waals surface area contributed by atoms with Gasteiger partial charge in [-0.3, -0.25) is 4.79 Å². The van der Waals surface area contributed by atoms with E-state index in [0.717, 1.165) is 29.6 Å². The molecule has 4 rings (SSSR count). The van der Waals surface area contributed by atoms with Gasteiger partial charge in [0, 0.05) is 25.5 Å². The lowest BCUT2D eigenvalue weighted by molar-refractivity contribution is -0.120. The van der Waals surface area contributed by atoms with Crippen LogP contribution in [0.2, 0.25) is 0 Å². The highest BCUT2D eigenvalue weighted by molar-refractivity contribution is 7.22. The highest BCUT2D eigenvalue weighted by Gasteiger charge is 2.27. The number of hydrogen-bond acceptors (Lipinski definition) is 7. The second-order valence-electron chi connectivity index (χ2n) is 6.15. The molecule has 1 aliphatic rings. The van der Waals surface area contributed by atoms with Crippen LogP contribution in [0.15, 0.2) is 36.7 Å². The Hall–Kier alpha value is -2.74. The molecular weight excluding hydrogens is 350 g/mol. The Kier molecular flexibility index (Phi) is 4.66. The first-order valence-corrected chi connectivity index (χ1v) is 9.32. The molecule has 0 bridgehead atoms. The summed E-state index contributed by atoms with van der Waals surface area (Å²) < 4.78 is 6.32. The van der Waals surface area contributed by atoms with E-state index in [9.17, 15) is 4.79 Å². The Morgan fingerprint density at radius 1 is 1.31 bits per heavy atom. The fourth-order valence-corrected chi connectivity index (χ4v) is 4.06. The first-order valence-electron chi connectivity index (χ1n) is 8.51. The van der Waals surface area contributed by atoms with Crippen molar-refractivity contribution >= 4 is 38.5 Å². The molecule has 1 atom stereocenters. The van der Waals surface area contributed by atoms with Gasteiger partial charge in [0.1, 0.15) is 11.3 Å². The van der Waals surface area contributed by atoms with Crippen molar-refractivity contribution in [2.45, 2.75) is 12.8 Å². The van der Waals surface area contributed by atoms with E-state index in [2.05, 4.69) is 25.2 Å². The highest BCUT2D eigenvalue weighted by Crippen LogP contribution is 2.32. The van der Waals surface area contributed by atoms with E-state index in [1.54, 1.807) is 25.6 Å². The zero-order chi connectivity index (χ0) is 17.9. The van der Waals surface area contributed by atoms with Gasteiger partial charge in [0.15, 0.2) is 5.13 Å². The summed E-state index contributed by atoms with van der Waals surface area (Å²) in [6.45, 7) is 1.48. The quantitative estimate of drug-likeness (QED) is 0.762. The standard InChI is InChI=1S/C18H19N5O2S/c1-25-13-6-2-7-14-15(13)21-18(26-14)22-16(24)12-5-3-10-23(11-12)17-19-8-4-9-20-17/h2,4,6-9,12H,3,5,10-11H2,1H3,(H,21,22,24). The molecule has 134 valence electrons. The third kappa shape index (κ3) is 3.32.